The van der Waals surface area contributed by atoms with E-state index >= 15 is 0 Å². The fraction of sp³-hybridized carbons (Fsp3) is 0.261. The van der Waals surface area contributed by atoms with Gasteiger partial charge in [0.05, 0.1) is 6.04 Å². The average Bonchev–Trinajstić information content (AvgIpc) is 3.43. The van der Waals surface area contributed by atoms with E-state index in [9.17, 15) is 4.79 Å². The van der Waals surface area contributed by atoms with Gasteiger partial charge in [-0.1, -0.05) is 36.4 Å². The number of hydrogen-bond donors (Lipinski definition) is 1. The van der Waals surface area contributed by atoms with Crippen LogP contribution in [0.15, 0.2) is 71.3 Å². The van der Waals surface area contributed by atoms with Gasteiger partial charge in [0.2, 0.25) is 5.91 Å². The highest BCUT2D eigenvalue weighted by atomic mass is 32.2. The average molecular weight is 421 g/mol. The molecule has 1 aromatic carbocycles. The van der Waals surface area contributed by atoms with Gasteiger partial charge in [0.1, 0.15) is 11.5 Å². The number of benzene rings is 1. The molecule has 1 amide bonds. The highest BCUT2D eigenvalue weighted by Crippen LogP contribution is 2.23. The third kappa shape index (κ3) is 4.74. The molecule has 0 saturated carbocycles. The number of carbonyl (C=O) groups excluding carboxylic acids is 1. The molecule has 30 heavy (non-hydrogen) atoms. The molecule has 154 valence electrons. The predicted octanol–water partition coefficient (Wildman–Crippen LogP) is 4.53. The maximum Gasteiger partial charge on any atom is 0.221 e. The van der Waals surface area contributed by atoms with Gasteiger partial charge in [-0.05, 0) is 42.7 Å². The summed E-state index contributed by atoms with van der Waals surface area (Å²) < 4.78 is 7.84. The maximum atomic E-state index is 12.7. The molecule has 0 fully saturated rings. The largest absolute Gasteiger partial charge is 0.461 e. The molecule has 3 aromatic heterocycles. The van der Waals surface area contributed by atoms with Crippen molar-refractivity contribution in [2.75, 3.05) is 12.0 Å². The van der Waals surface area contributed by atoms with Gasteiger partial charge < -0.3 is 9.73 Å². The van der Waals surface area contributed by atoms with Gasteiger partial charge in [0.25, 0.3) is 0 Å². The summed E-state index contributed by atoms with van der Waals surface area (Å²) in [7, 11) is 0. The molecule has 0 saturated heterocycles. The van der Waals surface area contributed by atoms with E-state index in [4.69, 9.17) is 4.42 Å². The number of pyridine rings is 1. The number of nitrogens with zero attached hydrogens (tertiary/aromatic N) is 3. The SMILES string of the molecule is CSCCC(NC(=O)CCc1ccc(-c2ccccc2)o1)c1nnc2ccccn12. The molecule has 1 unspecified atom stereocenters. The predicted molar refractivity (Wildman–Crippen MR) is 119 cm³/mol. The van der Waals surface area contributed by atoms with E-state index in [0.29, 0.717) is 12.8 Å². The number of fused-ring (bicyclic) bond motifs is 1. The summed E-state index contributed by atoms with van der Waals surface area (Å²) in [5.74, 6) is 3.28. The first-order chi connectivity index (χ1) is 14.7. The summed E-state index contributed by atoms with van der Waals surface area (Å²) in [5.41, 5.74) is 1.81. The molecule has 7 heteroatoms. The first-order valence-electron chi connectivity index (χ1n) is 9.96. The molecule has 0 spiro atoms. The minimum absolute atomic E-state index is 0.0218. The van der Waals surface area contributed by atoms with Gasteiger partial charge >= 0.3 is 0 Å². The van der Waals surface area contributed by atoms with Crippen LogP contribution in [0.3, 0.4) is 0 Å². The minimum Gasteiger partial charge on any atom is -0.461 e. The van der Waals surface area contributed by atoms with Crippen LogP contribution >= 0.6 is 11.8 Å². The lowest BCUT2D eigenvalue weighted by Gasteiger charge is -2.17. The summed E-state index contributed by atoms with van der Waals surface area (Å²) in [6.45, 7) is 0. The number of carbonyl (C=O) groups is 1. The number of thioether (sulfide) groups is 1. The van der Waals surface area contributed by atoms with Crippen LogP contribution in [-0.2, 0) is 11.2 Å². The molecule has 0 bridgehead atoms. The summed E-state index contributed by atoms with van der Waals surface area (Å²) in [4.78, 5) is 12.7. The van der Waals surface area contributed by atoms with Gasteiger partial charge in [0, 0.05) is 24.6 Å². The Bertz CT molecular complexity index is 1110. The van der Waals surface area contributed by atoms with Crippen LogP contribution in [0.2, 0.25) is 0 Å². The molecule has 0 aliphatic carbocycles. The van der Waals surface area contributed by atoms with Gasteiger partial charge in [-0.25, -0.2) is 0 Å². The van der Waals surface area contributed by atoms with Crippen molar-refractivity contribution in [1.82, 2.24) is 19.9 Å². The van der Waals surface area contributed by atoms with Gasteiger partial charge in [-0.3, -0.25) is 9.20 Å². The molecule has 1 atom stereocenters. The van der Waals surface area contributed by atoms with Crippen LogP contribution in [0.1, 0.15) is 30.5 Å². The van der Waals surface area contributed by atoms with E-state index in [1.165, 1.54) is 0 Å². The van der Waals surface area contributed by atoms with Crippen LogP contribution < -0.4 is 5.32 Å². The Morgan fingerprint density at radius 3 is 2.77 bits per heavy atom. The standard InChI is InChI=1S/C23H24N4O2S/c1-30-16-14-19(23-26-25-21-9-5-6-15-27(21)23)24-22(28)13-11-18-10-12-20(29-18)17-7-3-2-4-8-17/h2-10,12,15,19H,11,13-14,16H2,1H3,(H,24,28). The van der Waals surface area contributed by atoms with Crippen molar-refractivity contribution >= 4 is 23.3 Å². The first kappa shape index (κ1) is 20.2. The van der Waals surface area contributed by atoms with E-state index < -0.39 is 0 Å². The molecular weight excluding hydrogens is 396 g/mol. The normalized spacial score (nSPS) is 12.2. The Balaban J connectivity index is 1.40. The monoisotopic (exact) mass is 420 g/mol. The van der Waals surface area contributed by atoms with E-state index in [-0.39, 0.29) is 11.9 Å². The highest BCUT2D eigenvalue weighted by Gasteiger charge is 2.20. The smallest absolute Gasteiger partial charge is 0.221 e. The minimum atomic E-state index is -0.182. The lowest BCUT2D eigenvalue weighted by molar-refractivity contribution is -0.122. The number of nitrogens with one attached hydrogen (secondary N) is 1. The van der Waals surface area contributed by atoms with Crippen molar-refractivity contribution in [3.63, 3.8) is 0 Å². The Hall–Kier alpha value is -3.06. The van der Waals surface area contributed by atoms with Gasteiger partial charge in [0.15, 0.2) is 11.5 Å². The summed E-state index contributed by atoms with van der Waals surface area (Å²) in [6, 6.07) is 19.4. The molecule has 4 rings (SSSR count). The third-order valence-corrected chi connectivity index (χ3v) is 5.56. The molecule has 0 aliphatic rings. The Kier molecular flexibility index (Phi) is 6.49. The topological polar surface area (TPSA) is 72.4 Å². The summed E-state index contributed by atoms with van der Waals surface area (Å²) >= 11 is 1.75. The van der Waals surface area contributed by atoms with Crippen molar-refractivity contribution in [3.8, 4) is 11.3 Å². The van der Waals surface area contributed by atoms with Crippen LogP contribution in [0, 0.1) is 0 Å². The molecule has 4 aromatic rings. The van der Waals surface area contributed by atoms with E-state index in [1.807, 2.05) is 71.3 Å². The first-order valence-corrected chi connectivity index (χ1v) is 11.4. The molecule has 6 nitrogen and oxygen atoms in total. The summed E-state index contributed by atoms with van der Waals surface area (Å²) in [6.07, 6.45) is 5.68. The lowest BCUT2D eigenvalue weighted by Crippen LogP contribution is -2.30. The molecular formula is C23H24N4O2S. The second-order valence-electron chi connectivity index (χ2n) is 7.02. The highest BCUT2D eigenvalue weighted by molar-refractivity contribution is 7.98. The van der Waals surface area contributed by atoms with Gasteiger partial charge in [-0.15, -0.1) is 10.2 Å². The Labute approximate surface area is 179 Å². The van der Waals surface area contributed by atoms with Crippen LogP contribution in [-0.4, -0.2) is 32.5 Å². The van der Waals surface area contributed by atoms with Crippen LogP contribution in [0.25, 0.3) is 17.0 Å². The maximum absolute atomic E-state index is 12.7. The number of aromatic nitrogens is 3. The fourth-order valence-electron chi connectivity index (χ4n) is 3.37. The second-order valence-corrected chi connectivity index (χ2v) is 8.01. The third-order valence-electron chi connectivity index (χ3n) is 4.92. The molecule has 0 aliphatic heterocycles. The molecule has 1 N–H and O–H groups in total. The number of amides is 1. The number of aryl methyl sites for hydroxylation is 1. The van der Waals surface area contributed by atoms with E-state index in [1.54, 1.807) is 11.8 Å². The van der Waals surface area contributed by atoms with Crippen molar-refractivity contribution < 1.29 is 9.21 Å². The lowest BCUT2D eigenvalue weighted by atomic mass is 10.1. The van der Waals surface area contributed by atoms with Gasteiger partial charge in [-0.2, -0.15) is 11.8 Å². The quantitative estimate of drug-likeness (QED) is 0.431. The Morgan fingerprint density at radius 2 is 1.93 bits per heavy atom. The van der Waals surface area contributed by atoms with Crippen molar-refractivity contribution in [2.24, 2.45) is 0 Å². The number of hydrogen-bond acceptors (Lipinski definition) is 5. The fourth-order valence-corrected chi connectivity index (χ4v) is 3.84. The molecule has 3 heterocycles. The molecule has 0 radical (unpaired) electrons. The van der Waals surface area contributed by atoms with Crippen molar-refractivity contribution in [2.45, 2.75) is 25.3 Å². The van der Waals surface area contributed by atoms with Crippen LogP contribution in [0.4, 0.5) is 0 Å². The van der Waals surface area contributed by atoms with E-state index in [0.717, 1.165) is 40.7 Å². The van der Waals surface area contributed by atoms with Crippen molar-refractivity contribution in [1.29, 1.82) is 0 Å². The zero-order valence-electron chi connectivity index (χ0n) is 16.8. The summed E-state index contributed by atoms with van der Waals surface area (Å²) in [5, 5.41) is 11.7. The van der Waals surface area contributed by atoms with E-state index in [2.05, 4.69) is 21.8 Å². The second kappa shape index (κ2) is 9.63. The van der Waals surface area contributed by atoms with Crippen LogP contribution in [0.5, 0.6) is 0 Å². The van der Waals surface area contributed by atoms with Crippen molar-refractivity contribution in [3.05, 3.63) is 78.4 Å². The number of furan rings is 1. The zero-order valence-corrected chi connectivity index (χ0v) is 17.6. The Morgan fingerprint density at radius 1 is 1.10 bits per heavy atom. The zero-order chi connectivity index (χ0) is 20.8. The number of rotatable bonds is 9.